The van der Waals surface area contributed by atoms with Crippen LogP contribution in [0.15, 0.2) is 0 Å². The summed E-state index contributed by atoms with van der Waals surface area (Å²) in [6.07, 6.45) is 0.859. The van der Waals surface area contributed by atoms with E-state index in [-0.39, 0.29) is 0 Å². The Morgan fingerprint density at radius 1 is 1.25 bits per heavy atom. The molecule has 6 nitrogen and oxygen atoms in total. The average molecular weight is 281 g/mol. The number of hydrogen-bond acceptors (Lipinski definition) is 5. The first kappa shape index (κ1) is 15.1. The van der Waals surface area contributed by atoms with E-state index >= 15 is 0 Å². The zero-order valence-electron chi connectivity index (χ0n) is 13.1. The van der Waals surface area contributed by atoms with Crippen LogP contribution in [0.25, 0.3) is 0 Å². The second-order valence-corrected chi connectivity index (χ2v) is 6.24. The largest absolute Gasteiger partial charge is 0.394 e. The van der Waals surface area contributed by atoms with Crippen LogP contribution in [0.2, 0.25) is 0 Å². The van der Waals surface area contributed by atoms with Gasteiger partial charge in [-0.3, -0.25) is 9.58 Å². The highest BCUT2D eigenvalue weighted by Gasteiger charge is 2.25. The Labute approximate surface area is 121 Å². The number of aliphatic hydroxyl groups is 1. The van der Waals surface area contributed by atoms with Gasteiger partial charge in [-0.15, -0.1) is 0 Å². The van der Waals surface area contributed by atoms with Crippen molar-refractivity contribution in [1.82, 2.24) is 14.7 Å². The van der Waals surface area contributed by atoms with Crippen LogP contribution in [-0.4, -0.2) is 58.1 Å². The van der Waals surface area contributed by atoms with Crippen molar-refractivity contribution in [3.05, 3.63) is 5.69 Å². The lowest BCUT2D eigenvalue weighted by atomic mass is 10.1. The van der Waals surface area contributed by atoms with Crippen molar-refractivity contribution in [3.63, 3.8) is 0 Å². The van der Waals surface area contributed by atoms with Crippen molar-refractivity contribution >= 4 is 11.5 Å². The minimum Gasteiger partial charge on any atom is -0.394 e. The van der Waals surface area contributed by atoms with E-state index in [2.05, 4.69) is 21.8 Å². The standard InChI is InChI=1S/C14H27N5O/c1-5-11-12(15)13(17(4)16-11)19-8-6-18(7-9-19)10-14(2,3)20/h20H,5-10,15H2,1-4H3. The maximum atomic E-state index is 9.89. The Morgan fingerprint density at radius 2 is 1.85 bits per heavy atom. The summed E-state index contributed by atoms with van der Waals surface area (Å²) < 4.78 is 1.89. The first-order valence-corrected chi connectivity index (χ1v) is 7.33. The lowest BCUT2D eigenvalue weighted by Crippen LogP contribution is -2.51. The summed E-state index contributed by atoms with van der Waals surface area (Å²) in [5.41, 5.74) is 7.35. The number of anilines is 2. The number of nitrogen functional groups attached to an aromatic ring is 1. The van der Waals surface area contributed by atoms with Gasteiger partial charge in [0.1, 0.15) is 5.82 Å². The quantitative estimate of drug-likeness (QED) is 0.839. The summed E-state index contributed by atoms with van der Waals surface area (Å²) in [6, 6.07) is 0. The molecule has 0 atom stereocenters. The van der Waals surface area contributed by atoms with Gasteiger partial charge in [0.25, 0.3) is 0 Å². The van der Waals surface area contributed by atoms with E-state index in [1.807, 2.05) is 25.6 Å². The van der Waals surface area contributed by atoms with Gasteiger partial charge >= 0.3 is 0 Å². The molecule has 6 heteroatoms. The van der Waals surface area contributed by atoms with E-state index in [0.29, 0.717) is 6.54 Å². The molecule has 3 N–H and O–H groups in total. The molecule has 0 aromatic carbocycles. The third-order valence-corrected chi connectivity index (χ3v) is 3.75. The second-order valence-electron chi connectivity index (χ2n) is 6.24. The number of aromatic nitrogens is 2. The number of piperazine rings is 1. The maximum absolute atomic E-state index is 9.89. The van der Waals surface area contributed by atoms with Crippen molar-refractivity contribution in [2.24, 2.45) is 7.05 Å². The highest BCUT2D eigenvalue weighted by Crippen LogP contribution is 2.27. The van der Waals surface area contributed by atoms with Crippen LogP contribution in [0, 0.1) is 0 Å². The molecule has 20 heavy (non-hydrogen) atoms. The average Bonchev–Trinajstić information content (AvgIpc) is 2.64. The number of β-amino-alcohol motifs (C(OH)–C–C–N with tert-alkyl or cyclic N) is 1. The molecule has 2 heterocycles. The van der Waals surface area contributed by atoms with Crippen LogP contribution in [0.5, 0.6) is 0 Å². The lowest BCUT2D eigenvalue weighted by Gasteiger charge is -2.38. The minimum atomic E-state index is -0.636. The van der Waals surface area contributed by atoms with E-state index < -0.39 is 5.60 Å². The van der Waals surface area contributed by atoms with Crippen molar-refractivity contribution in [3.8, 4) is 0 Å². The highest BCUT2D eigenvalue weighted by atomic mass is 16.3. The Bertz CT molecular complexity index is 455. The smallest absolute Gasteiger partial charge is 0.150 e. The number of nitrogens with zero attached hydrogens (tertiary/aromatic N) is 4. The molecule has 1 aliphatic rings. The minimum absolute atomic E-state index is 0.636. The summed E-state index contributed by atoms with van der Waals surface area (Å²) in [6.45, 7) is 10.2. The summed E-state index contributed by atoms with van der Waals surface area (Å²) in [5, 5.41) is 14.4. The van der Waals surface area contributed by atoms with Crippen LogP contribution >= 0.6 is 0 Å². The van der Waals surface area contributed by atoms with Crippen molar-refractivity contribution in [2.75, 3.05) is 43.4 Å². The van der Waals surface area contributed by atoms with Gasteiger partial charge in [0.15, 0.2) is 0 Å². The van der Waals surface area contributed by atoms with Gasteiger partial charge < -0.3 is 15.7 Å². The molecule has 0 radical (unpaired) electrons. The summed E-state index contributed by atoms with van der Waals surface area (Å²) in [5.74, 6) is 1.03. The van der Waals surface area contributed by atoms with Crippen molar-refractivity contribution in [1.29, 1.82) is 0 Å². The molecule has 2 rings (SSSR count). The van der Waals surface area contributed by atoms with Crippen LogP contribution < -0.4 is 10.6 Å². The zero-order chi connectivity index (χ0) is 14.9. The summed E-state index contributed by atoms with van der Waals surface area (Å²) in [4.78, 5) is 4.59. The number of aryl methyl sites for hydroxylation is 2. The topological polar surface area (TPSA) is 70.5 Å². The number of hydrogen-bond donors (Lipinski definition) is 2. The molecule has 114 valence electrons. The van der Waals surface area contributed by atoms with E-state index in [1.54, 1.807) is 0 Å². The van der Waals surface area contributed by atoms with E-state index in [1.165, 1.54) is 0 Å². The third-order valence-electron chi connectivity index (χ3n) is 3.75. The predicted octanol–water partition coefficient (Wildman–Crippen LogP) is 0.458. The third kappa shape index (κ3) is 3.24. The fourth-order valence-corrected chi connectivity index (χ4v) is 2.89. The Morgan fingerprint density at radius 3 is 2.30 bits per heavy atom. The van der Waals surface area contributed by atoms with E-state index in [4.69, 9.17) is 5.73 Å². The van der Waals surface area contributed by atoms with Gasteiger partial charge in [-0.25, -0.2) is 0 Å². The Balaban J connectivity index is 2.02. The Kier molecular flexibility index (Phi) is 4.25. The highest BCUT2D eigenvalue weighted by molar-refractivity contribution is 5.66. The van der Waals surface area contributed by atoms with Gasteiger partial charge in [-0.2, -0.15) is 5.10 Å². The molecular weight excluding hydrogens is 254 g/mol. The molecule has 0 amide bonds. The normalized spacial score (nSPS) is 17.8. The fraction of sp³-hybridized carbons (Fsp3) is 0.786. The zero-order valence-corrected chi connectivity index (χ0v) is 13.1. The van der Waals surface area contributed by atoms with Gasteiger partial charge in [0, 0.05) is 39.8 Å². The molecule has 0 bridgehead atoms. The maximum Gasteiger partial charge on any atom is 0.150 e. The predicted molar refractivity (Wildman–Crippen MR) is 81.9 cm³/mol. The van der Waals surface area contributed by atoms with E-state index in [0.717, 1.165) is 49.8 Å². The first-order valence-electron chi connectivity index (χ1n) is 7.33. The molecular formula is C14H27N5O. The SMILES string of the molecule is CCc1nn(C)c(N2CCN(CC(C)(C)O)CC2)c1N. The van der Waals surface area contributed by atoms with Crippen molar-refractivity contribution in [2.45, 2.75) is 32.8 Å². The lowest BCUT2D eigenvalue weighted by molar-refractivity contribution is 0.0344. The molecule has 1 aliphatic heterocycles. The molecule has 0 spiro atoms. The number of nitrogens with two attached hydrogens (primary N) is 1. The molecule has 0 saturated carbocycles. The molecule has 1 aromatic heterocycles. The van der Waals surface area contributed by atoms with Gasteiger partial charge in [0.2, 0.25) is 0 Å². The fourth-order valence-electron chi connectivity index (χ4n) is 2.89. The second kappa shape index (κ2) is 5.61. The molecule has 1 aromatic rings. The van der Waals surface area contributed by atoms with E-state index in [9.17, 15) is 5.11 Å². The van der Waals surface area contributed by atoms with Crippen molar-refractivity contribution < 1.29 is 5.11 Å². The molecule has 0 unspecified atom stereocenters. The van der Waals surface area contributed by atoms with Crippen LogP contribution in [0.4, 0.5) is 11.5 Å². The van der Waals surface area contributed by atoms with Gasteiger partial charge in [0.05, 0.1) is 17.0 Å². The molecule has 1 saturated heterocycles. The van der Waals surface area contributed by atoms with Gasteiger partial charge in [-0.1, -0.05) is 6.92 Å². The summed E-state index contributed by atoms with van der Waals surface area (Å²) in [7, 11) is 1.95. The first-order chi connectivity index (χ1) is 9.31. The van der Waals surface area contributed by atoms with Crippen LogP contribution in [0.3, 0.4) is 0 Å². The van der Waals surface area contributed by atoms with Gasteiger partial charge in [-0.05, 0) is 20.3 Å². The van der Waals surface area contributed by atoms with Crippen LogP contribution in [0.1, 0.15) is 26.5 Å². The van der Waals surface area contributed by atoms with Crippen LogP contribution in [-0.2, 0) is 13.5 Å². The Hall–Kier alpha value is -1.27. The molecule has 1 fully saturated rings. The monoisotopic (exact) mass is 281 g/mol. The summed E-state index contributed by atoms with van der Waals surface area (Å²) >= 11 is 0. The number of rotatable bonds is 4. The molecule has 0 aliphatic carbocycles.